The Balaban J connectivity index is 1.66. The van der Waals surface area contributed by atoms with Crippen LogP contribution in [0.4, 0.5) is 0 Å². The Morgan fingerprint density at radius 1 is 0.487 bits per heavy atom. The maximum atomic E-state index is 15.4. The van der Waals surface area contributed by atoms with Crippen molar-refractivity contribution in [2.75, 3.05) is 0 Å². The SMILES string of the molecule is CC1CCc2c(P(=O)(c3ccccc3)c3ccccc3)ccc(P(=O)(c3ccccc3)c3ccccc3)c2C1. The summed E-state index contributed by atoms with van der Waals surface area (Å²) in [5, 5.41) is 5.10. The van der Waals surface area contributed by atoms with Crippen LogP contribution in [0.5, 0.6) is 0 Å². The molecule has 1 aliphatic carbocycles. The standard InChI is InChI=1S/C35H32O2P2/c1-27-22-23-32-33(26-27)35(39(37,30-18-10-4-11-19-30)31-20-12-5-13-21-31)25-24-34(32)38(36,28-14-6-2-7-15-28)29-16-8-3-9-17-29/h2-21,24-25,27H,22-23,26H2,1H3. The van der Waals surface area contributed by atoms with Gasteiger partial charge in [-0.2, -0.15) is 0 Å². The normalized spacial score (nSPS) is 15.5. The Labute approximate surface area is 231 Å². The van der Waals surface area contributed by atoms with E-state index in [1.54, 1.807) is 0 Å². The molecule has 39 heavy (non-hydrogen) atoms. The van der Waals surface area contributed by atoms with Gasteiger partial charge in [0.1, 0.15) is 0 Å². The van der Waals surface area contributed by atoms with E-state index in [0.29, 0.717) is 5.92 Å². The lowest BCUT2D eigenvalue weighted by atomic mass is 9.85. The molecule has 194 valence electrons. The van der Waals surface area contributed by atoms with E-state index in [2.05, 4.69) is 6.92 Å². The lowest BCUT2D eigenvalue weighted by Gasteiger charge is -2.32. The van der Waals surface area contributed by atoms with Crippen LogP contribution >= 0.6 is 14.3 Å². The van der Waals surface area contributed by atoms with Gasteiger partial charge in [0.2, 0.25) is 0 Å². The molecule has 0 fully saturated rings. The molecule has 0 radical (unpaired) electrons. The van der Waals surface area contributed by atoms with Crippen LogP contribution in [0.15, 0.2) is 133 Å². The molecule has 1 unspecified atom stereocenters. The van der Waals surface area contributed by atoms with Crippen molar-refractivity contribution >= 4 is 46.1 Å². The molecule has 0 heterocycles. The molecule has 0 bridgehead atoms. The Morgan fingerprint density at radius 3 is 1.18 bits per heavy atom. The maximum Gasteiger partial charge on any atom is 0.171 e. The third-order valence-electron chi connectivity index (χ3n) is 7.98. The fraction of sp³-hybridized carbons (Fsp3) is 0.143. The molecule has 4 heteroatoms. The summed E-state index contributed by atoms with van der Waals surface area (Å²) in [6, 6.07) is 43.5. The first kappa shape index (κ1) is 25.8. The average Bonchev–Trinajstić information content (AvgIpc) is 3.01. The molecule has 0 spiro atoms. The van der Waals surface area contributed by atoms with E-state index >= 15 is 9.13 Å². The van der Waals surface area contributed by atoms with Gasteiger partial charge < -0.3 is 9.13 Å². The van der Waals surface area contributed by atoms with Crippen molar-refractivity contribution < 1.29 is 9.13 Å². The molecule has 1 atom stereocenters. The summed E-state index contributed by atoms with van der Waals surface area (Å²) in [6.07, 6.45) is 2.67. The number of benzene rings is 5. The Morgan fingerprint density at radius 2 is 0.821 bits per heavy atom. The molecule has 0 saturated carbocycles. The zero-order chi connectivity index (χ0) is 26.9. The highest BCUT2D eigenvalue weighted by Crippen LogP contribution is 2.49. The van der Waals surface area contributed by atoms with Crippen molar-refractivity contribution in [3.63, 3.8) is 0 Å². The molecule has 6 rings (SSSR count). The number of rotatable bonds is 6. The highest BCUT2D eigenvalue weighted by atomic mass is 31.2. The molecule has 0 aromatic heterocycles. The maximum absolute atomic E-state index is 15.4. The van der Waals surface area contributed by atoms with Crippen molar-refractivity contribution in [3.05, 3.63) is 145 Å². The first-order chi connectivity index (χ1) is 19.0. The van der Waals surface area contributed by atoms with Crippen molar-refractivity contribution in [2.24, 2.45) is 5.92 Å². The molecule has 0 N–H and O–H groups in total. The van der Waals surface area contributed by atoms with E-state index in [9.17, 15) is 0 Å². The van der Waals surface area contributed by atoms with E-state index in [-0.39, 0.29) is 0 Å². The molecule has 0 saturated heterocycles. The van der Waals surface area contributed by atoms with Crippen molar-refractivity contribution in [2.45, 2.75) is 26.2 Å². The second-order valence-corrected chi connectivity index (χ2v) is 15.9. The van der Waals surface area contributed by atoms with Crippen LogP contribution in [-0.4, -0.2) is 0 Å². The van der Waals surface area contributed by atoms with Gasteiger partial charge in [0.05, 0.1) is 0 Å². The van der Waals surface area contributed by atoms with Crippen molar-refractivity contribution in [3.8, 4) is 0 Å². The summed E-state index contributed by atoms with van der Waals surface area (Å²) >= 11 is 0. The van der Waals surface area contributed by atoms with Gasteiger partial charge in [-0.1, -0.05) is 128 Å². The number of hydrogen-bond acceptors (Lipinski definition) is 2. The molecule has 5 aromatic rings. The van der Waals surface area contributed by atoms with Gasteiger partial charge in [0.25, 0.3) is 0 Å². The highest BCUT2D eigenvalue weighted by molar-refractivity contribution is 7.86. The molecular formula is C35H32O2P2. The van der Waals surface area contributed by atoms with Gasteiger partial charge in [-0.05, 0) is 48.4 Å². The van der Waals surface area contributed by atoms with Crippen LogP contribution in [0.1, 0.15) is 24.5 Å². The lowest BCUT2D eigenvalue weighted by molar-refractivity contribution is 0.503. The van der Waals surface area contributed by atoms with Crippen LogP contribution < -0.4 is 31.8 Å². The van der Waals surface area contributed by atoms with E-state index in [4.69, 9.17) is 0 Å². The molecule has 0 amide bonds. The first-order valence-electron chi connectivity index (χ1n) is 13.6. The first-order valence-corrected chi connectivity index (χ1v) is 17.0. The summed E-state index contributed by atoms with van der Waals surface area (Å²) in [5.74, 6) is 0.458. The molecular weight excluding hydrogens is 514 g/mol. The fourth-order valence-corrected chi connectivity index (χ4v) is 11.9. The summed E-state index contributed by atoms with van der Waals surface area (Å²) in [6.45, 7) is 2.27. The largest absolute Gasteiger partial charge is 0.309 e. The van der Waals surface area contributed by atoms with Crippen molar-refractivity contribution in [1.82, 2.24) is 0 Å². The predicted octanol–water partition coefficient (Wildman–Crippen LogP) is 6.09. The average molecular weight is 547 g/mol. The Bertz CT molecular complexity index is 1590. The third kappa shape index (κ3) is 4.47. The zero-order valence-electron chi connectivity index (χ0n) is 22.1. The van der Waals surface area contributed by atoms with E-state index in [1.165, 1.54) is 0 Å². The van der Waals surface area contributed by atoms with Crippen LogP contribution in [0.2, 0.25) is 0 Å². The second-order valence-electron chi connectivity index (χ2n) is 10.5. The van der Waals surface area contributed by atoms with Gasteiger partial charge in [0, 0.05) is 31.8 Å². The van der Waals surface area contributed by atoms with E-state index in [1.807, 2.05) is 133 Å². The van der Waals surface area contributed by atoms with Gasteiger partial charge in [-0.15, -0.1) is 0 Å². The fourth-order valence-electron chi connectivity index (χ4n) is 6.01. The highest BCUT2D eigenvalue weighted by Gasteiger charge is 2.39. The van der Waals surface area contributed by atoms with E-state index in [0.717, 1.165) is 62.2 Å². The second kappa shape index (κ2) is 10.6. The minimum atomic E-state index is -3.17. The topological polar surface area (TPSA) is 34.1 Å². The van der Waals surface area contributed by atoms with Gasteiger partial charge in [-0.3, -0.25) is 0 Å². The minimum absolute atomic E-state index is 0.458. The minimum Gasteiger partial charge on any atom is -0.309 e. The Kier molecular flexibility index (Phi) is 7.03. The van der Waals surface area contributed by atoms with Crippen LogP contribution in [0, 0.1) is 5.92 Å². The zero-order valence-corrected chi connectivity index (χ0v) is 23.9. The molecule has 0 aliphatic heterocycles. The predicted molar refractivity (Wildman–Crippen MR) is 166 cm³/mol. The smallest absolute Gasteiger partial charge is 0.171 e. The van der Waals surface area contributed by atoms with Crippen LogP contribution in [0.3, 0.4) is 0 Å². The van der Waals surface area contributed by atoms with Crippen LogP contribution in [0.25, 0.3) is 0 Å². The van der Waals surface area contributed by atoms with E-state index < -0.39 is 14.3 Å². The Hall–Kier alpha value is -3.44. The van der Waals surface area contributed by atoms with Gasteiger partial charge >= 0.3 is 0 Å². The van der Waals surface area contributed by atoms with Crippen molar-refractivity contribution in [1.29, 1.82) is 0 Å². The molecule has 1 aliphatic rings. The van der Waals surface area contributed by atoms with Crippen LogP contribution in [-0.2, 0) is 22.0 Å². The third-order valence-corrected chi connectivity index (χ3v) is 14.3. The van der Waals surface area contributed by atoms with Gasteiger partial charge in [0.15, 0.2) is 14.3 Å². The summed E-state index contributed by atoms with van der Waals surface area (Å²) < 4.78 is 30.8. The summed E-state index contributed by atoms with van der Waals surface area (Å²) in [4.78, 5) is 0. The number of hydrogen-bond donors (Lipinski definition) is 0. The summed E-state index contributed by atoms with van der Waals surface area (Å²) in [5.41, 5.74) is 2.24. The van der Waals surface area contributed by atoms with Gasteiger partial charge in [-0.25, -0.2) is 0 Å². The quantitative estimate of drug-likeness (QED) is 0.242. The molecule has 2 nitrogen and oxygen atoms in total. The monoisotopic (exact) mass is 546 g/mol. The molecule has 5 aromatic carbocycles. The number of fused-ring (bicyclic) bond motifs is 1. The summed E-state index contributed by atoms with van der Waals surface area (Å²) in [7, 11) is -6.33. The lowest BCUT2D eigenvalue weighted by Crippen LogP contribution is -2.36.